The number of hydrogen-bond donors (Lipinski definition) is 0. The van der Waals surface area contributed by atoms with Gasteiger partial charge in [0, 0.05) is 12.8 Å². The van der Waals surface area contributed by atoms with Crippen LogP contribution >= 0.6 is 27.9 Å². The Hall–Kier alpha value is 0.524. The smallest absolute Gasteiger partial charge is 0.0344 e. The van der Waals surface area contributed by atoms with Crippen LogP contribution in [0.2, 0.25) is 0 Å². The molecule has 61 valence electrons. The topological polar surface area (TPSA) is 81.7 Å². The van der Waals surface area contributed by atoms with Crippen molar-refractivity contribution < 1.29 is 24.3 Å². The molecule has 0 aliphatic rings. The summed E-state index contributed by atoms with van der Waals surface area (Å²) in [5, 5.41) is 0. The van der Waals surface area contributed by atoms with Gasteiger partial charge in [0.25, 0.3) is 0 Å². The molecule has 0 atom stereocenters. The van der Waals surface area contributed by atoms with E-state index in [1.54, 1.807) is 0 Å². The van der Waals surface area contributed by atoms with Crippen LogP contribution in [0.1, 0.15) is 0 Å². The molecule has 0 fully saturated rings. The van der Waals surface area contributed by atoms with E-state index in [0.29, 0.717) is 0 Å². The first-order chi connectivity index (χ1) is 4.56. The first kappa shape index (κ1) is 16.9. The van der Waals surface area contributed by atoms with Crippen LogP contribution in [0.5, 0.6) is 0 Å². The first-order valence-electron chi connectivity index (χ1n) is 1.62. The minimum absolute atomic E-state index is 0. The van der Waals surface area contributed by atoms with E-state index >= 15 is 0 Å². The number of nitrogens with one attached hydrogen (secondary N) is 2. The van der Waals surface area contributed by atoms with Crippen molar-refractivity contribution in [2.75, 3.05) is 0 Å². The first-order valence-corrected chi connectivity index (χ1v) is 8.06. The van der Waals surface area contributed by atoms with Gasteiger partial charge < -0.3 is 21.1 Å². The van der Waals surface area contributed by atoms with E-state index in [-0.39, 0.29) is 12.8 Å². The summed E-state index contributed by atoms with van der Waals surface area (Å²) in [6.07, 6.45) is 0. The minimum atomic E-state index is -1.92. The third-order valence-electron chi connectivity index (χ3n) is 0. The molecule has 0 saturated heterocycles. The molecule has 0 aromatic heterocycles. The zero-order valence-corrected chi connectivity index (χ0v) is 8.43. The number of rotatable bonds is 0. The van der Waals surface area contributed by atoms with Gasteiger partial charge in [-0.3, -0.25) is 0 Å². The molecular weight excluding hydrogens is 238 g/mol. The standard InChI is InChI=1S/2CH3NO.3ClH.Ti/c2*2-1-3;;;;/h2*1H,(H2,2,3);3*1H;/q;;;;;+3/p-5. The number of carbonyl (C=O) groups is 2. The second-order valence-electron chi connectivity index (χ2n) is 0.450. The fraction of sp³-hybridized carbons (Fsp3) is 0. The molecule has 10 heavy (non-hydrogen) atoms. The molecule has 0 rings (SSSR count). The molecule has 8 heteroatoms. The van der Waals surface area contributed by atoms with Gasteiger partial charge in [-0.2, -0.15) is 0 Å². The third kappa shape index (κ3) is 1760. The Kier molecular flexibility index (Phi) is 38.2. The summed E-state index contributed by atoms with van der Waals surface area (Å²) < 4.78 is 0. The van der Waals surface area contributed by atoms with Crippen molar-refractivity contribution in [1.82, 2.24) is 0 Å². The van der Waals surface area contributed by atoms with E-state index in [2.05, 4.69) is 0 Å². The molecule has 2 N–H and O–H groups in total. The van der Waals surface area contributed by atoms with E-state index in [4.69, 9.17) is 49.0 Å². The van der Waals surface area contributed by atoms with E-state index in [9.17, 15) is 0 Å². The molecule has 2 amide bonds. The van der Waals surface area contributed by atoms with Crippen LogP contribution in [0.3, 0.4) is 0 Å². The fourth-order valence-electron chi connectivity index (χ4n) is 0. The molecule has 0 saturated carbocycles. The average Bonchev–Trinajstić information content (AvgIpc) is 1.65. The van der Waals surface area contributed by atoms with Gasteiger partial charge in [0.2, 0.25) is 0 Å². The van der Waals surface area contributed by atoms with Gasteiger partial charge in [-0.25, -0.2) is 0 Å². The van der Waals surface area contributed by atoms with Crippen LogP contribution in [0.4, 0.5) is 0 Å². The molecule has 0 radical (unpaired) electrons. The van der Waals surface area contributed by atoms with Crippen molar-refractivity contribution in [2.45, 2.75) is 0 Å². The summed E-state index contributed by atoms with van der Waals surface area (Å²) in [6.45, 7) is 0. The second-order valence-corrected chi connectivity index (χ2v) is 8.19. The molecular formula is C2H4Cl3N2O2Ti-2. The number of halogens is 3. The summed E-state index contributed by atoms with van der Waals surface area (Å²) in [5.74, 6) is 0. The van der Waals surface area contributed by atoms with E-state index in [0.717, 1.165) is 0 Å². The Balaban J connectivity index is -0.0000000750. The number of carbonyl (C=O) groups excluding carboxylic acids is 2. The Morgan fingerprint density at radius 1 is 1.00 bits per heavy atom. The summed E-state index contributed by atoms with van der Waals surface area (Å²) in [4.78, 5) is 16.9. The molecule has 0 aliphatic carbocycles. The van der Waals surface area contributed by atoms with Gasteiger partial charge in [-0.15, -0.1) is 0 Å². The molecule has 0 aromatic carbocycles. The SMILES string of the molecule is [Cl][Ti]([Cl])[Cl].[NH-]C=O.[NH-]C=O. The summed E-state index contributed by atoms with van der Waals surface area (Å²) in [7, 11) is 14.9. The van der Waals surface area contributed by atoms with Crippen molar-refractivity contribution >= 4 is 40.7 Å². The molecule has 0 aromatic rings. The Morgan fingerprint density at radius 3 is 1.00 bits per heavy atom. The Bertz CT molecular complexity index is 64.8. The quantitative estimate of drug-likeness (QED) is 0.483. The molecule has 0 spiro atoms. The summed E-state index contributed by atoms with van der Waals surface area (Å²) in [6, 6.07) is 0. The Morgan fingerprint density at radius 2 is 1.00 bits per heavy atom. The monoisotopic (exact) mass is 241 g/mol. The predicted octanol–water partition coefficient (Wildman–Crippen LogP) is 2.46. The van der Waals surface area contributed by atoms with Crippen LogP contribution < -0.4 is 0 Å². The normalized spacial score (nSPS) is 5.10. The molecule has 0 aliphatic heterocycles. The third-order valence-corrected chi connectivity index (χ3v) is 0. The van der Waals surface area contributed by atoms with Crippen molar-refractivity contribution in [3.63, 3.8) is 0 Å². The summed E-state index contributed by atoms with van der Waals surface area (Å²) >= 11 is -1.92. The van der Waals surface area contributed by atoms with E-state index in [1.807, 2.05) is 0 Å². The maximum atomic E-state index is 8.47. The van der Waals surface area contributed by atoms with Crippen LogP contribution in [0, 0.1) is 0 Å². The van der Waals surface area contributed by atoms with Crippen molar-refractivity contribution in [3.8, 4) is 0 Å². The van der Waals surface area contributed by atoms with Gasteiger partial charge in [-0.05, 0) is 0 Å². The number of amides is 2. The molecule has 4 nitrogen and oxygen atoms in total. The van der Waals surface area contributed by atoms with E-state index < -0.39 is 14.7 Å². The maximum absolute atomic E-state index is 8.47. The van der Waals surface area contributed by atoms with Gasteiger partial charge in [0.15, 0.2) is 0 Å². The van der Waals surface area contributed by atoms with Crippen LogP contribution in [0.15, 0.2) is 0 Å². The zero-order valence-electron chi connectivity index (χ0n) is 4.61. The number of hydrogen-bond acceptors (Lipinski definition) is 2. The maximum Gasteiger partial charge on any atom is 0.0344 e. The fourth-order valence-corrected chi connectivity index (χ4v) is 0. The predicted molar refractivity (Wildman–Crippen MR) is 38.3 cm³/mol. The second kappa shape index (κ2) is 22.7. The van der Waals surface area contributed by atoms with Gasteiger partial charge in [0.05, 0.1) is 0 Å². The van der Waals surface area contributed by atoms with Gasteiger partial charge in [0.1, 0.15) is 0 Å². The van der Waals surface area contributed by atoms with Crippen molar-refractivity contribution in [1.29, 1.82) is 0 Å². The Labute approximate surface area is 76.2 Å². The summed E-state index contributed by atoms with van der Waals surface area (Å²) in [5.41, 5.74) is 11.1. The molecule has 0 heterocycles. The van der Waals surface area contributed by atoms with Gasteiger partial charge in [-0.1, -0.05) is 0 Å². The van der Waals surface area contributed by atoms with Gasteiger partial charge >= 0.3 is 42.6 Å². The van der Waals surface area contributed by atoms with Crippen LogP contribution in [0.25, 0.3) is 11.5 Å². The van der Waals surface area contributed by atoms with E-state index in [1.165, 1.54) is 0 Å². The van der Waals surface area contributed by atoms with Crippen molar-refractivity contribution in [2.24, 2.45) is 0 Å². The molecule has 0 unspecified atom stereocenters. The van der Waals surface area contributed by atoms with Crippen LogP contribution in [-0.2, 0) is 24.3 Å². The average molecular weight is 242 g/mol. The zero-order chi connectivity index (χ0) is 8.99. The van der Waals surface area contributed by atoms with Crippen LogP contribution in [-0.4, -0.2) is 12.8 Å². The van der Waals surface area contributed by atoms with Crippen molar-refractivity contribution in [3.05, 3.63) is 11.5 Å². The molecule has 0 bridgehead atoms. The largest absolute Gasteiger partial charge is 0.671 e. The minimum Gasteiger partial charge on any atom is -0.671 e.